The van der Waals surface area contributed by atoms with Crippen LogP contribution in [0.2, 0.25) is 0 Å². The average molecular weight is 358 g/mol. The van der Waals surface area contributed by atoms with E-state index in [9.17, 15) is 19.7 Å². The first-order valence-electron chi connectivity index (χ1n) is 8.31. The number of carbonyl (C=O) groups is 2. The Morgan fingerprint density at radius 1 is 0.815 bits per heavy atom. The van der Waals surface area contributed by atoms with Gasteiger partial charge in [0.25, 0.3) is 5.69 Å². The standard InChI is InChI=1S/C21H14N2O4/c1-12-6-8-13(9-7-12)22-16-10-11-17(23(26)27)19-18(16)20(24)14-4-2-3-5-15(14)21(19)25/h2-11,22H,1H3. The van der Waals surface area contributed by atoms with E-state index in [1.165, 1.54) is 18.2 Å². The van der Waals surface area contributed by atoms with E-state index in [0.717, 1.165) is 11.3 Å². The maximum atomic E-state index is 13.1. The molecule has 6 heteroatoms. The third-order valence-electron chi connectivity index (χ3n) is 4.58. The quantitative estimate of drug-likeness (QED) is 0.432. The summed E-state index contributed by atoms with van der Waals surface area (Å²) < 4.78 is 0. The highest BCUT2D eigenvalue weighted by molar-refractivity contribution is 6.31. The number of nitro benzene ring substituents is 1. The van der Waals surface area contributed by atoms with Crippen LogP contribution in [0.4, 0.5) is 17.1 Å². The first kappa shape index (κ1) is 16.7. The number of ketones is 2. The molecule has 1 aliphatic carbocycles. The molecule has 6 nitrogen and oxygen atoms in total. The van der Waals surface area contributed by atoms with E-state index in [1.54, 1.807) is 18.2 Å². The van der Waals surface area contributed by atoms with Crippen molar-refractivity contribution in [1.29, 1.82) is 0 Å². The van der Waals surface area contributed by atoms with E-state index < -0.39 is 16.5 Å². The molecule has 27 heavy (non-hydrogen) atoms. The zero-order chi connectivity index (χ0) is 19.1. The Morgan fingerprint density at radius 3 is 2.00 bits per heavy atom. The van der Waals surface area contributed by atoms with Crippen molar-refractivity contribution in [3.8, 4) is 0 Å². The van der Waals surface area contributed by atoms with E-state index >= 15 is 0 Å². The third kappa shape index (κ3) is 2.67. The number of carbonyl (C=O) groups excluding carboxylic acids is 2. The summed E-state index contributed by atoms with van der Waals surface area (Å²) in [5.74, 6) is -0.919. The van der Waals surface area contributed by atoms with Gasteiger partial charge in [0.1, 0.15) is 5.56 Å². The van der Waals surface area contributed by atoms with Gasteiger partial charge in [-0.2, -0.15) is 0 Å². The fourth-order valence-corrected chi connectivity index (χ4v) is 3.25. The van der Waals surface area contributed by atoms with Crippen molar-refractivity contribution in [3.63, 3.8) is 0 Å². The number of hydrogen-bond acceptors (Lipinski definition) is 5. The van der Waals surface area contributed by atoms with Crippen LogP contribution >= 0.6 is 0 Å². The smallest absolute Gasteiger partial charge is 0.281 e. The first-order chi connectivity index (χ1) is 13.0. The number of nitro groups is 1. The largest absolute Gasteiger partial charge is 0.355 e. The molecule has 0 radical (unpaired) electrons. The Bertz CT molecular complexity index is 1120. The highest BCUT2D eigenvalue weighted by atomic mass is 16.6. The summed E-state index contributed by atoms with van der Waals surface area (Å²) in [6.45, 7) is 1.96. The van der Waals surface area contributed by atoms with Gasteiger partial charge in [-0.3, -0.25) is 19.7 Å². The molecule has 132 valence electrons. The van der Waals surface area contributed by atoms with E-state index in [1.807, 2.05) is 31.2 Å². The number of aryl methyl sites for hydroxylation is 1. The lowest BCUT2D eigenvalue weighted by Crippen LogP contribution is -2.23. The molecular formula is C21H14N2O4. The van der Waals surface area contributed by atoms with E-state index in [-0.39, 0.29) is 27.9 Å². The number of rotatable bonds is 3. The molecule has 0 saturated heterocycles. The summed E-state index contributed by atoms with van der Waals surface area (Å²) in [7, 11) is 0. The number of benzene rings is 3. The van der Waals surface area contributed by atoms with Crippen LogP contribution in [0.15, 0.2) is 60.7 Å². The van der Waals surface area contributed by atoms with Crippen LogP contribution in [0.25, 0.3) is 0 Å². The molecule has 0 saturated carbocycles. The molecule has 0 fully saturated rings. The first-order valence-corrected chi connectivity index (χ1v) is 8.31. The molecule has 0 aromatic heterocycles. The zero-order valence-corrected chi connectivity index (χ0v) is 14.4. The van der Waals surface area contributed by atoms with Gasteiger partial charge < -0.3 is 5.32 Å². The van der Waals surface area contributed by atoms with Gasteiger partial charge in [0.05, 0.1) is 16.2 Å². The Labute approximate surface area is 154 Å². The van der Waals surface area contributed by atoms with Crippen LogP contribution < -0.4 is 5.32 Å². The summed E-state index contributed by atoms with van der Waals surface area (Å²) in [5, 5.41) is 14.6. The van der Waals surface area contributed by atoms with Crippen LogP contribution in [-0.2, 0) is 0 Å². The molecule has 1 aliphatic rings. The predicted octanol–water partition coefficient (Wildman–Crippen LogP) is 4.42. The maximum Gasteiger partial charge on any atom is 0.281 e. The molecule has 4 rings (SSSR count). The van der Waals surface area contributed by atoms with Crippen molar-refractivity contribution in [1.82, 2.24) is 0 Å². The fourth-order valence-electron chi connectivity index (χ4n) is 3.25. The second-order valence-electron chi connectivity index (χ2n) is 6.33. The van der Waals surface area contributed by atoms with Crippen molar-refractivity contribution >= 4 is 28.6 Å². The Balaban J connectivity index is 1.93. The second kappa shape index (κ2) is 6.17. The summed E-state index contributed by atoms with van der Waals surface area (Å²) in [5.41, 5.74) is 2.10. The average Bonchev–Trinajstić information content (AvgIpc) is 2.67. The lowest BCUT2D eigenvalue weighted by molar-refractivity contribution is -0.385. The molecule has 0 unspecified atom stereocenters. The Morgan fingerprint density at radius 2 is 1.41 bits per heavy atom. The highest BCUT2D eigenvalue weighted by Gasteiger charge is 2.37. The zero-order valence-electron chi connectivity index (χ0n) is 14.4. The van der Waals surface area contributed by atoms with Crippen LogP contribution in [0.5, 0.6) is 0 Å². The summed E-state index contributed by atoms with van der Waals surface area (Å²) in [4.78, 5) is 36.9. The van der Waals surface area contributed by atoms with Crippen LogP contribution in [0.1, 0.15) is 37.4 Å². The minimum atomic E-state index is -0.631. The van der Waals surface area contributed by atoms with Crippen molar-refractivity contribution in [2.75, 3.05) is 5.32 Å². The summed E-state index contributed by atoms with van der Waals surface area (Å²) >= 11 is 0. The minimum Gasteiger partial charge on any atom is -0.355 e. The van der Waals surface area contributed by atoms with E-state index in [0.29, 0.717) is 5.69 Å². The van der Waals surface area contributed by atoms with Gasteiger partial charge in [-0.1, -0.05) is 42.0 Å². The van der Waals surface area contributed by atoms with Gasteiger partial charge in [0.2, 0.25) is 5.78 Å². The number of fused-ring (bicyclic) bond motifs is 2. The monoisotopic (exact) mass is 358 g/mol. The van der Waals surface area contributed by atoms with E-state index in [2.05, 4.69) is 5.32 Å². The van der Waals surface area contributed by atoms with Gasteiger partial charge in [0, 0.05) is 22.9 Å². The van der Waals surface area contributed by atoms with Gasteiger partial charge in [-0.05, 0) is 25.1 Å². The van der Waals surface area contributed by atoms with Crippen LogP contribution in [-0.4, -0.2) is 16.5 Å². The number of hydrogen-bond donors (Lipinski definition) is 1. The van der Waals surface area contributed by atoms with Crippen LogP contribution in [0.3, 0.4) is 0 Å². The highest BCUT2D eigenvalue weighted by Crippen LogP contribution is 2.38. The SMILES string of the molecule is Cc1ccc(Nc2ccc([N+](=O)[O-])c3c2C(=O)c2ccccc2C3=O)cc1. The van der Waals surface area contributed by atoms with Crippen molar-refractivity contribution < 1.29 is 14.5 Å². The minimum absolute atomic E-state index is 0.0356. The lowest BCUT2D eigenvalue weighted by Gasteiger charge is -2.20. The van der Waals surface area contributed by atoms with E-state index in [4.69, 9.17) is 0 Å². The molecule has 3 aromatic rings. The van der Waals surface area contributed by atoms with Gasteiger partial charge >= 0.3 is 0 Å². The molecule has 0 amide bonds. The second-order valence-corrected chi connectivity index (χ2v) is 6.33. The Kier molecular flexibility index (Phi) is 3.81. The molecular weight excluding hydrogens is 344 g/mol. The van der Waals surface area contributed by atoms with Gasteiger partial charge in [-0.25, -0.2) is 0 Å². The van der Waals surface area contributed by atoms with Crippen molar-refractivity contribution in [2.24, 2.45) is 0 Å². The number of anilines is 2. The summed E-state index contributed by atoms with van der Waals surface area (Å²) in [6.07, 6.45) is 0. The molecule has 0 atom stereocenters. The number of nitrogens with one attached hydrogen (secondary N) is 1. The normalized spacial score (nSPS) is 12.3. The topological polar surface area (TPSA) is 89.3 Å². The number of nitrogens with zero attached hydrogens (tertiary/aromatic N) is 1. The fraction of sp³-hybridized carbons (Fsp3) is 0.0476. The maximum absolute atomic E-state index is 13.1. The van der Waals surface area contributed by atoms with Crippen molar-refractivity contribution in [2.45, 2.75) is 6.92 Å². The summed E-state index contributed by atoms with van der Waals surface area (Å²) in [6, 6.07) is 16.6. The van der Waals surface area contributed by atoms with Crippen LogP contribution in [0, 0.1) is 17.0 Å². The molecule has 0 aliphatic heterocycles. The molecule has 0 spiro atoms. The third-order valence-corrected chi connectivity index (χ3v) is 4.58. The Hall–Kier alpha value is -3.80. The molecule has 0 heterocycles. The van der Waals surface area contributed by atoms with Gasteiger partial charge in [0.15, 0.2) is 5.78 Å². The van der Waals surface area contributed by atoms with Gasteiger partial charge in [-0.15, -0.1) is 0 Å². The van der Waals surface area contributed by atoms with Crippen molar-refractivity contribution in [3.05, 3.63) is 98.6 Å². The molecule has 0 bridgehead atoms. The molecule has 3 aromatic carbocycles. The molecule has 1 N–H and O–H groups in total. The predicted molar refractivity (Wildman–Crippen MR) is 101 cm³/mol. The lowest BCUT2D eigenvalue weighted by atomic mass is 9.82.